The molecule has 28 heavy (non-hydrogen) atoms. The highest BCUT2D eigenvalue weighted by Gasteiger charge is 2.14. The normalized spacial score (nSPS) is 10.4. The maximum absolute atomic E-state index is 12.4. The van der Waals surface area contributed by atoms with Crippen molar-refractivity contribution in [3.63, 3.8) is 0 Å². The maximum Gasteiger partial charge on any atom is 0.257 e. The Hall–Kier alpha value is -3.09. The van der Waals surface area contributed by atoms with Crippen LogP contribution in [-0.4, -0.2) is 16.9 Å². The number of carboxylic acids is 1. The van der Waals surface area contributed by atoms with Gasteiger partial charge in [-0.3, -0.25) is 9.78 Å². The molecule has 8 heteroatoms. The summed E-state index contributed by atoms with van der Waals surface area (Å²) in [6.45, 7) is 0.237. The lowest BCUT2D eigenvalue weighted by molar-refractivity contribution is -0.254. The van der Waals surface area contributed by atoms with Crippen LogP contribution < -0.4 is 15.2 Å². The molecule has 3 aromatic rings. The quantitative estimate of drug-likeness (QED) is 0.663. The molecule has 1 heterocycles. The summed E-state index contributed by atoms with van der Waals surface area (Å²) in [5.74, 6) is -1.71. The van der Waals surface area contributed by atoms with Gasteiger partial charge < -0.3 is 20.0 Å². The van der Waals surface area contributed by atoms with Crippen LogP contribution in [0.2, 0.25) is 10.0 Å². The maximum atomic E-state index is 12.4. The Labute approximate surface area is 170 Å². The van der Waals surface area contributed by atoms with Gasteiger partial charge in [0.05, 0.1) is 22.2 Å². The first-order valence-electron chi connectivity index (χ1n) is 8.07. The first-order chi connectivity index (χ1) is 13.4. The number of ether oxygens (including phenoxy) is 1. The van der Waals surface area contributed by atoms with Crippen LogP contribution in [0.15, 0.2) is 60.9 Å². The molecule has 0 aliphatic carbocycles. The van der Waals surface area contributed by atoms with Crippen molar-refractivity contribution < 1.29 is 19.4 Å². The first kappa shape index (κ1) is 19.7. The summed E-state index contributed by atoms with van der Waals surface area (Å²) in [7, 11) is 0. The van der Waals surface area contributed by atoms with E-state index in [0.717, 1.165) is 5.56 Å². The Morgan fingerprint density at radius 2 is 1.75 bits per heavy atom. The highest BCUT2D eigenvalue weighted by molar-refractivity contribution is 6.37. The van der Waals surface area contributed by atoms with Crippen LogP contribution in [0.1, 0.15) is 26.3 Å². The summed E-state index contributed by atoms with van der Waals surface area (Å²) in [4.78, 5) is 27.8. The van der Waals surface area contributed by atoms with Gasteiger partial charge in [-0.2, -0.15) is 0 Å². The number of benzene rings is 2. The number of halogens is 2. The summed E-state index contributed by atoms with van der Waals surface area (Å²) in [5.41, 5.74) is 0.881. The van der Waals surface area contributed by atoms with Gasteiger partial charge in [0.2, 0.25) is 0 Å². The predicted molar refractivity (Wildman–Crippen MR) is 104 cm³/mol. The monoisotopic (exact) mass is 415 g/mol. The average Bonchev–Trinajstić information content (AvgIpc) is 2.67. The lowest BCUT2D eigenvalue weighted by Crippen LogP contribution is -2.25. The third-order valence-electron chi connectivity index (χ3n) is 3.79. The first-order valence-corrected chi connectivity index (χ1v) is 8.83. The second-order valence-electron chi connectivity index (χ2n) is 5.72. The van der Waals surface area contributed by atoms with Gasteiger partial charge in [-0.25, -0.2) is 0 Å². The largest absolute Gasteiger partial charge is 0.545 e. The molecule has 0 bridgehead atoms. The molecule has 1 aromatic heterocycles. The van der Waals surface area contributed by atoms with Crippen molar-refractivity contribution in [3.05, 3.63) is 87.7 Å². The van der Waals surface area contributed by atoms with Crippen molar-refractivity contribution in [1.29, 1.82) is 0 Å². The minimum absolute atomic E-state index is 0.0623. The van der Waals surface area contributed by atoms with Crippen LogP contribution in [0.4, 0.5) is 5.69 Å². The summed E-state index contributed by atoms with van der Waals surface area (Å²) < 4.78 is 5.59. The van der Waals surface area contributed by atoms with E-state index >= 15 is 0 Å². The van der Waals surface area contributed by atoms with Gasteiger partial charge in [0, 0.05) is 23.0 Å². The van der Waals surface area contributed by atoms with Gasteiger partial charge >= 0.3 is 0 Å². The molecule has 6 nitrogen and oxygen atoms in total. The number of nitrogens with one attached hydrogen (secondary N) is 1. The van der Waals surface area contributed by atoms with Crippen LogP contribution >= 0.6 is 23.2 Å². The molecule has 2 aromatic carbocycles. The third kappa shape index (κ3) is 4.79. The van der Waals surface area contributed by atoms with Crippen molar-refractivity contribution in [2.75, 3.05) is 5.32 Å². The summed E-state index contributed by atoms with van der Waals surface area (Å²) in [5, 5.41) is 14.6. The Kier molecular flexibility index (Phi) is 6.13. The number of carbonyl (C=O) groups excluding carboxylic acids is 2. The molecule has 0 fully saturated rings. The number of carboxylic acid groups (broad SMARTS) is 1. The number of hydrogen-bond donors (Lipinski definition) is 1. The molecule has 0 unspecified atom stereocenters. The molecular formula is C20H13Cl2N2O4-. The molecule has 0 aliphatic rings. The van der Waals surface area contributed by atoms with Crippen molar-refractivity contribution in [3.8, 4) is 5.75 Å². The van der Waals surface area contributed by atoms with Crippen molar-refractivity contribution >= 4 is 40.8 Å². The fraction of sp³-hybridized carbons (Fsp3) is 0.0500. The number of nitrogens with zero attached hydrogens (tertiary/aromatic N) is 1. The predicted octanol–water partition coefficient (Wildman–Crippen LogP) is 3.58. The zero-order chi connectivity index (χ0) is 20.1. The number of carbonyl (C=O) groups is 2. The van der Waals surface area contributed by atoms with Gasteiger partial charge in [-0.15, -0.1) is 0 Å². The summed E-state index contributed by atoms with van der Waals surface area (Å²) in [6, 6.07) is 12.2. The molecule has 1 N–H and O–H groups in total. The minimum atomic E-state index is -1.45. The fourth-order valence-electron chi connectivity index (χ4n) is 2.40. The zero-order valence-corrected chi connectivity index (χ0v) is 15.8. The standard InChI is InChI=1S/C20H14Cl2N2O4/c21-13-1-3-15(17(22)9-13)19(25)24-18-4-2-14(10-16(18)20(26)27)28-11-12-5-7-23-8-6-12/h1-10H,11H2,(H,24,25)(H,26,27)/p-1. The van der Waals surface area contributed by atoms with Gasteiger partial charge in [-0.05, 0) is 54.1 Å². The second-order valence-corrected chi connectivity index (χ2v) is 6.56. The Morgan fingerprint density at radius 1 is 1.00 bits per heavy atom. The van der Waals surface area contributed by atoms with Gasteiger partial charge in [0.15, 0.2) is 0 Å². The van der Waals surface area contributed by atoms with E-state index in [-0.39, 0.29) is 28.4 Å². The fourth-order valence-corrected chi connectivity index (χ4v) is 2.89. The SMILES string of the molecule is O=C(Nc1ccc(OCc2ccncc2)cc1C(=O)[O-])c1ccc(Cl)cc1Cl. The van der Waals surface area contributed by atoms with Crippen LogP contribution in [0.5, 0.6) is 5.75 Å². The van der Waals surface area contributed by atoms with Crippen LogP contribution in [-0.2, 0) is 6.61 Å². The van der Waals surface area contributed by atoms with Gasteiger partial charge in [0.1, 0.15) is 12.4 Å². The summed E-state index contributed by atoms with van der Waals surface area (Å²) >= 11 is 11.8. The molecule has 0 spiro atoms. The summed E-state index contributed by atoms with van der Waals surface area (Å²) in [6.07, 6.45) is 3.26. The number of hydrogen-bond acceptors (Lipinski definition) is 5. The van der Waals surface area contributed by atoms with E-state index in [1.165, 1.54) is 30.3 Å². The number of anilines is 1. The smallest absolute Gasteiger partial charge is 0.257 e. The van der Waals surface area contributed by atoms with E-state index < -0.39 is 11.9 Å². The zero-order valence-electron chi connectivity index (χ0n) is 14.3. The molecular weight excluding hydrogens is 403 g/mol. The Morgan fingerprint density at radius 3 is 2.43 bits per heavy atom. The lowest BCUT2D eigenvalue weighted by atomic mass is 10.1. The number of aromatic carboxylic acids is 1. The molecule has 0 saturated heterocycles. The van der Waals surface area contributed by atoms with Crippen LogP contribution in [0.3, 0.4) is 0 Å². The highest BCUT2D eigenvalue weighted by Crippen LogP contribution is 2.25. The minimum Gasteiger partial charge on any atom is -0.545 e. The molecule has 0 saturated carbocycles. The van der Waals surface area contributed by atoms with E-state index in [9.17, 15) is 14.7 Å². The van der Waals surface area contributed by atoms with Crippen LogP contribution in [0, 0.1) is 0 Å². The Bertz CT molecular complexity index is 1030. The van der Waals surface area contributed by atoms with E-state index in [1.54, 1.807) is 30.6 Å². The van der Waals surface area contributed by atoms with E-state index in [4.69, 9.17) is 27.9 Å². The molecule has 0 aliphatic heterocycles. The van der Waals surface area contributed by atoms with Crippen LogP contribution in [0.25, 0.3) is 0 Å². The molecule has 1 amide bonds. The van der Waals surface area contributed by atoms with Crippen molar-refractivity contribution in [2.45, 2.75) is 6.61 Å². The molecule has 0 atom stereocenters. The molecule has 142 valence electrons. The molecule has 0 radical (unpaired) electrons. The average molecular weight is 416 g/mol. The third-order valence-corrected chi connectivity index (χ3v) is 4.34. The lowest BCUT2D eigenvalue weighted by Gasteiger charge is -2.15. The van der Waals surface area contributed by atoms with Gasteiger partial charge in [0.25, 0.3) is 5.91 Å². The second kappa shape index (κ2) is 8.73. The van der Waals surface area contributed by atoms with E-state index in [2.05, 4.69) is 10.3 Å². The highest BCUT2D eigenvalue weighted by atomic mass is 35.5. The van der Waals surface area contributed by atoms with Crippen molar-refractivity contribution in [1.82, 2.24) is 4.98 Å². The number of rotatable bonds is 6. The van der Waals surface area contributed by atoms with Crippen molar-refractivity contribution in [2.24, 2.45) is 0 Å². The molecule has 3 rings (SSSR count). The van der Waals surface area contributed by atoms with E-state index in [0.29, 0.717) is 10.8 Å². The number of pyridine rings is 1. The van der Waals surface area contributed by atoms with Gasteiger partial charge in [-0.1, -0.05) is 23.2 Å². The van der Waals surface area contributed by atoms with E-state index in [1.807, 2.05) is 0 Å². The number of aromatic nitrogens is 1. The number of amides is 1. The Balaban J connectivity index is 1.79. The topological polar surface area (TPSA) is 91.3 Å².